The van der Waals surface area contributed by atoms with Crippen LogP contribution in [0.5, 0.6) is 0 Å². The molecular formula is C59H83N15O10. The first-order chi connectivity index (χ1) is 40.3. The van der Waals surface area contributed by atoms with Crippen LogP contribution in [0.1, 0.15) is 115 Å². The Hall–Kier alpha value is -8.61. The fourth-order valence-corrected chi connectivity index (χ4v) is 10.6. The molecular weight excluding hydrogens is 1080 g/mol. The van der Waals surface area contributed by atoms with Crippen LogP contribution in [0.25, 0.3) is 21.7 Å². The fourth-order valence-electron chi connectivity index (χ4n) is 10.6. The largest absolute Gasteiger partial charge is 0.370 e. The topological polar surface area (TPSA) is 402 Å². The normalized spacial score (nSPS) is 22.3. The highest BCUT2D eigenvalue weighted by molar-refractivity contribution is 6.00. The monoisotopic (exact) mass is 1160 g/mol. The van der Waals surface area contributed by atoms with Gasteiger partial charge in [-0.25, -0.2) is 0 Å². The first-order valence-electron chi connectivity index (χ1n) is 29.1. The van der Waals surface area contributed by atoms with E-state index in [0.717, 1.165) is 21.7 Å². The number of hydrogen-bond donors (Lipinski definition) is 13. The smallest absolute Gasteiger partial charge is 0.246 e. The maximum Gasteiger partial charge on any atom is 0.246 e. The van der Waals surface area contributed by atoms with Gasteiger partial charge in [0.05, 0.1) is 6.42 Å². The minimum Gasteiger partial charge on any atom is -0.370 e. The number of aromatic nitrogens is 1. The molecule has 6 rings (SSSR count). The fraction of sp³-hybridized carbons (Fsp3) is 0.508. The van der Waals surface area contributed by atoms with E-state index in [1.165, 1.54) is 11.8 Å². The predicted molar refractivity (Wildman–Crippen MR) is 317 cm³/mol. The summed E-state index contributed by atoms with van der Waals surface area (Å²) in [7, 11) is 0. The van der Waals surface area contributed by atoms with Gasteiger partial charge in [0.25, 0.3) is 0 Å². The summed E-state index contributed by atoms with van der Waals surface area (Å²) in [5.41, 5.74) is 25.0. The Kier molecular flexibility index (Phi) is 24.8. The van der Waals surface area contributed by atoms with Crippen molar-refractivity contribution >= 4 is 86.7 Å². The van der Waals surface area contributed by atoms with Gasteiger partial charge in [-0.3, -0.25) is 52.9 Å². The molecule has 0 unspecified atom stereocenters. The lowest BCUT2D eigenvalue weighted by atomic mass is 9.99. The minimum absolute atomic E-state index is 0.0386. The van der Waals surface area contributed by atoms with Gasteiger partial charge in [-0.2, -0.15) is 0 Å². The lowest BCUT2D eigenvalue weighted by Gasteiger charge is -2.31. The van der Waals surface area contributed by atoms with Crippen molar-refractivity contribution in [2.75, 3.05) is 26.2 Å². The number of carbonyl (C=O) groups is 10. The number of aliphatic imine (C=N–C) groups is 1. The van der Waals surface area contributed by atoms with Crippen molar-refractivity contribution in [3.8, 4) is 0 Å². The summed E-state index contributed by atoms with van der Waals surface area (Å²) in [4.78, 5) is 150. The molecule has 2 fully saturated rings. The molecule has 2 aliphatic heterocycles. The molecule has 17 N–H and O–H groups in total. The number of nitrogens with zero attached hydrogens (tertiary/aromatic N) is 2. The molecule has 3 heterocycles. The Morgan fingerprint density at radius 2 is 1.37 bits per heavy atom. The molecule has 25 heteroatoms. The van der Waals surface area contributed by atoms with Gasteiger partial charge in [-0.1, -0.05) is 80.4 Å². The van der Waals surface area contributed by atoms with Crippen molar-refractivity contribution in [1.29, 1.82) is 0 Å². The van der Waals surface area contributed by atoms with E-state index in [1.807, 2.05) is 67.6 Å². The van der Waals surface area contributed by atoms with Crippen molar-refractivity contribution in [2.24, 2.45) is 27.9 Å². The summed E-state index contributed by atoms with van der Waals surface area (Å²) in [5.74, 6) is -7.46. The van der Waals surface area contributed by atoms with Gasteiger partial charge in [0.2, 0.25) is 59.1 Å². The van der Waals surface area contributed by atoms with E-state index in [1.54, 1.807) is 12.3 Å². The lowest BCUT2D eigenvalue weighted by molar-refractivity contribution is -0.143. The number of unbranched alkanes of at least 4 members (excludes halogenated alkanes) is 2. The zero-order valence-electron chi connectivity index (χ0n) is 48.0. The molecule has 2 saturated heterocycles. The number of benzene rings is 3. The molecule has 454 valence electrons. The molecule has 8 atom stereocenters. The van der Waals surface area contributed by atoms with Gasteiger partial charge < -0.3 is 75.4 Å². The van der Waals surface area contributed by atoms with Crippen LogP contribution in [0.2, 0.25) is 0 Å². The van der Waals surface area contributed by atoms with E-state index in [-0.39, 0.29) is 96.3 Å². The number of H-pyrrole nitrogens is 1. The maximum atomic E-state index is 15.0. The van der Waals surface area contributed by atoms with E-state index in [9.17, 15) is 43.2 Å². The average Bonchev–Trinajstić information content (AvgIpc) is 4.22. The summed E-state index contributed by atoms with van der Waals surface area (Å²) in [5, 5.41) is 24.7. The highest BCUT2D eigenvalue weighted by Crippen LogP contribution is 2.23. The van der Waals surface area contributed by atoms with Crippen molar-refractivity contribution in [3.63, 3.8) is 0 Å². The van der Waals surface area contributed by atoms with Crippen molar-refractivity contribution in [3.05, 3.63) is 84.1 Å². The van der Waals surface area contributed by atoms with Gasteiger partial charge in [0.15, 0.2) is 5.96 Å². The summed E-state index contributed by atoms with van der Waals surface area (Å²) >= 11 is 0. The molecule has 1 aromatic heterocycles. The number of rotatable bonds is 19. The van der Waals surface area contributed by atoms with Crippen LogP contribution in [-0.2, 0) is 60.8 Å². The number of nitrogens with two attached hydrogens (primary N) is 4. The molecule has 3 aromatic carbocycles. The number of primary amides is 1. The molecule has 0 radical (unpaired) electrons. The van der Waals surface area contributed by atoms with Crippen LogP contribution >= 0.6 is 0 Å². The highest BCUT2D eigenvalue weighted by atomic mass is 16.2. The molecule has 0 bridgehead atoms. The first-order valence-corrected chi connectivity index (χ1v) is 29.1. The van der Waals surface area contributed by atoms with Crippen molar-refractivity contribution < 1.29 is 47.9 Å². The Labute approximate surface area is 488 Å². The third-order valence-corrected chi connectivity index (χ3v) is 15.1. The number of nitrogens with one attached hydrogen (secondary N) is 9. The zero-order valence-corrected chi connectivity index (χ0v) is 48.0. The summed E-state index contributed by atoms with van der Waals surface area (Å²) < 4.78 is 0. The van der Waals surface area contributed by atoms with Gasteiger partial charge >= 0.3 is 0 Å². The number of fused-ring (bicyclic) bond motifs is 3. The number of guanidine groups is 1. The number of amides is 10. The number of para-hydroxylation sites is 1. The average molecular weight is 1160 g/mol. The van der Waals surface area contributed by atoms with Crippen molar-refractivity contribution in [2.45, 2.75) is 165 Å². The molecule has 0 aliphatic carbocycles. The molecule has 0 saturated carbocycles. The Morgan fingerprint density at radius 3 is 2.07 bits per heavy atom. The van der Waals surface area contributed by atoms with E-state index >= 15 is 4.79 Å². The second kappa shape index (κ2) is 32.3. The molecule has 84 heavy (non-hydrogen) atoms. The number of carbonyl (C=O) groups excluding carboxylic acids is 10. The predicted octanol–water partition coefficient (Wildman–Crippen LogP) is 0.0591. The van der Waals surface area contributed by atoms with Crippen LogP contribution in [0, 0.1) is 0 Å². The van der Waals surface area contributed by atoms with Gasteiger partial charge in [0, 0.05) is 56.5 Å². The number of aromatic amines is 1. The van der Waals surface area contributed by atoms with Gasteiger partial charge in [0.1, 0.15) is 48.3 Å². The minimum atomic E-state index is -1.51. The van der Waals surface area contributed by atoms with Crippen LogP contribution in [0.15, 0.2) is 77.9 Å². The van der Waals surface area contributed by atoms with Crippen LogP contribution in [0.3, 0.4) is 0 Å². The molecule has 0 spiro atoms. The quantitative estimate of drug-likeness (QED) is 0.0336. The van der Waals surface area contributed by atoms with E-state index in [2.05, 4.69) is 52.5 Å². The molecule has 2 aliphatic rings. The second-order valence-corrected chi connectivity index (χ2v) is 21.6. The third kappa shape index (κ3) is 19.2. The SMILES string of the molecule is CCCC[C@H](NC(C)=O)C(=O)N[C@H]1CC(=O)NCCCC[C@@H](C(N)=O)NC(=O)[C@H](CCCCN)NC(=O)[C@H](Cc2c[nH]c3ccccc23)NC(=O)[C@H](CCCN=C(N)N)NC(=O)[C@@H](Cc2ccc3ccccc3c2)NC(=O)[C@@H]2CCCN2C1=O. The molecule has 25 nitrogen and oxygen atoms in total. The van der Waals surface area contributed by atoms with Crippen LogP contribution < -0.4 is 65.5 Å². The van der Waals surface area contributed by atoms with E-state index in [4.69, 9.17) is 22.9 Å². The third-order valence-electron chi connectivity index (χ3n) is 15.1. The molecule has 10 amide bonds. The summed E-state index contributed by atoms with van der Waals surface area (Å²) in [6.45, 7) is 3.60. The first kappa shape index (κ1) is 64.6. The zero-order chi connectivity index (χ0) is 60.7. The Balaban J connectivity index is 1.41. The van der Waals surface area contributed by atoms with Gasteiger partial charge in [-0.05, 0) is 105 Å². The van der Waals surface area contributed by atoms with Crippen LogP contribution in [-0.4, -0.2) is 149 Å². The molecule has 4 aromatic rings. The second-order valence-electron chi connectivity index (χ2n) is 21.6. The van der Waals surface area contributed by atoms with Crippen molar-refractivity contribution in [1.82, 2.24) is 52.4 Å². The highest BCUT2D eigenvalue weighted by Gasteiger charge is 2.41. The standard InChI is InChI=1S/C59H83N15O10/c1-3-4-18-43(67-35(2)75)52(78)73-48-33-50(76)64-27-12-10-20-42(51(61)77)68-53(79)44(21-9-11-26-60)69-56(82)47(32-39-34-66-41-19-8-7-17-40(39)41)71-54(80)45(22-13-28-65-59(62)63)70-55(81)46(72-57(83)49-23-14-29-74(49)58(48)84)31-36-24-25-37-15-5-6-16-38(37)30-36/h5-8,15-17,19,24-25,30,34,42-49,66H,3-4,9-14,18,20-23,26-29,31-33,60H2,1-2H3,(H2,61,77)(H,64,76)(H,67,75)(H,68,79)(H,69,82)(H,70,81)(H,71,80)(H,72,83)(H,73,78)(H4,62,63,65)/t42-,43-,44-,45-,46+,47-,48-,49-/m0/s1. The number of hydrogen-bond acceptors (Lipinski definition) is 12. The van der Waals surface area contributed by atoms with Gasteiger partial charge in [-0.15, -0.1) is 0 Å². The Bertz CT molecular complexity index is 3000. The van der Waals surface area contributed by atoms with Crippen LogP contribution in [0.4, 0.5) is 0 Å². The van der Waals surface area contributed by atoms with E-state index in [0.29, 0.717) is 43.2 Å². The lowest BCUT2D eigenvalue weighted by Crippen LogP contribution is -2.60. The maximum absolute atomic E-state index is 15.0. The summed E-state index contributed by atoms with van der Waals surface area (Å²) in [6, 6.07) is 10.1. The summed E-state index contributed by atoms with van der Waals surface area (Å²) in [6.07, 6.45) is 4.57. The van der Waals surface area contributed by atoms with E-state index < -0.39 is 114 Å². The Morgan fingerprint density at radius 1 is 0.714 bits per heavy atom.